The maximum absolute atomic E-state index is 11.8. The van der Waals surface area contributed by atoms with Crippen LogP contribution in [0.1, 0.15) is 10.4 Å². The predicted octanol–water partition coefficient (Wildman–Crippen LogP) is 1.19. The Morgan fingerprint density at radius 3 is 2.50 bits per heavy atom. The summed E-state index contributed by atoms with van der Waals surface area (Å²) in [5, 5.41) is 2.37. The van der Waals surface area contributed by atoms with Crippen molar-refractivity contribution in [2.45, 2.75) is 5.16 Å². The van der Waals surface area contributed by atoms with Crippen LogP contribution >= 0.6 is 11.5 Å². The smallest absolute Gasteiger partial charge is 0.260 e. The molecule has 0 aliphatic heterocycles. The zero-order valence-corrected chi connectivity index (χ0v) is 11.0. The number of amides is 1. The second-order valence-corrected chi connectivity index (χ2v) is 6.14. The molecule has 0 radical (unpaired) electrons. The van der Waals surface area contributed by atoms with E-state index in [2.05, 4.69) is 14.7 Å². The van der Waals surface area contributed by atoms with E-state index in [4.69, 9.17) is 0 Å². The van der Waals surface area contributed by atoms with Crippen LogP contribution in [0.2, 0.25) is 0 Å². The lowest BCUT2D eigenvalue weighted by Gasteiger charge is -1.99. The average molecular weight is 283 g/mol. The summed E-state index contributed by atoms with van der Waals surface area (Å²) in [4.78, 5) is 15.5. The fourth-order valence-electron chi connectivity index (χ4n) is 1.17. The Labute approximate surface area is 108 Å². The van der Waals surface area contributed by atoms with E-state index in [1.54, 1.807) is 30.3 Å². The van der Waals surface area contributed by atoms with Gasteiger partial charge in [0.2, 0.25) is 15.0 Å². The maximum atomic E-state index is 11.8. The molecule has 1 aromatic heterocycles. The first-order chi connectivity index (χ1) is 8.47. The summed E-state index contributed by atoms with van der Waals surface area (Å²) >= 11 is 0.827. The first-order valence-electron chi connectivity index (χ1n) is 4.87. The molecule has 8 heteroatoms. The van der Waals surface area contributed by atoms with Gasteiger partial charge in [-0.2, -0.15) is 9.36 Å². The highest BCUT2D eigenvalue weighted by atomic mass is 32.2. The van der Waals surface area contributed by atoms with Gasteiger partial charge in [-0.05, 0) is 12.1 Å². The summed E-state index contributed by atoms with van der Waals surface area (Å²) < 4.78 is 26.0. The van der Waals surface area contributed by atoms with Gasteiger partial charge in [-0.25, -0.2) is 8.42 Å². The molecule has 0 aliphatic rings. The monoisotopic (exact) mass is 283 g/mol. The third-order valence-corrected chi connectivity index (χ3v) is 3.59. The van der Waals surface area contributed by atoms with E-state index in [0.717, 1.165) is 17.8 Å². The number of nitrogens with one attached hydrogen (secondary N) is 1. The number of carbonyl (C=O) groups is 1. The second-order valence-electron chi connectivity index (χ2n) is 3.47. The molecule has 18 heavy (non-hydrogen) atoms. The van der Waals surface area contributed by atoms with Crippen LogP contribution in [0, 0.1) is 0 Å². The first kappa shape index (κ1) is 12.7. The zero-order chi connectivity index (χ0) is 13.2. The largest absolute Gasteiger partial charge is 0.297 e. The number of hydrogen-bond acceptors (Lipinski definition) is 6. The maximum Gasteiger partial charge on any atom is 0.260 e. The first-order valence-corrected chi connectivity index (χ1v) is 7.53. The van der Waals surface area contributed by atoms with Gasteiger partial charge in [-0.1, -0.05) is 18.2 Å². The molecule has 0 fully saturated rings. The van der Waals surface area contributed by atoms with Crippen molar-refractivity contribution >= 4 is 32.4 Å². The van der Waals surface area contributed by atoms with Gasteiger partial charge in [0, 0.05) is 23.4 Å². The molecule has 0 saturated carbocycles. The third kappa shape index (κ3) is 2.90. The van der Waals surface area contributed by atoms with Gasteiger partial charge in [0.25, 0.3) is 11.1 Å². The highest BCUT2D eigenvalue weighted by Crippen LogP contribution is 2.15. The SMILES string of the molecule is CS(=O)(=O)c1nsc(NC(=O)c2ccccc2)n1. The molecule has 0 saturated heterocycles. The van der Waals surface area contributed by atoms with Crippen LogP contribution in [-0.4, -0.2) is 29.9 Å². The molecule has 2 aromatic rings. The summed E-state index contributed by atoms with van der Waals surface area (Å²) in [6, 6.07) is 8.55. The molecule has 0 spiro atoms. The highest BCUT2D eigenvalue weighted by molar-refractivity contribution is 7.90. The van der Waals surface area contributed by atoms with Crippen LogP contribution in [0.5, 0.6) is 0 Å². The molecule has 0 aliphatic carbocycles. The van der Waals surface area contributed by atoms with Gasteiger partial charge in [0.15, 0.2) is 0 Å². The van der Waals surface area contributed by atoms with Crippen molar-refractivity contribution < 1.29 is 13.2 Å². The topological polar surface area (TPSA) is 89.0 Å². The fourth-order valence-corrected chi connectivity index (χ4v) is 2.61. The van der Waals surface area contributed by atoms with Gasteiger partial charge in [0.1, 0.15) is 0 Å². The van der Waals surface area contributed by atoms with Crippen molar-refractivity contribution in [3.8, 4) is 0 Å². The molecule has 0 unspecified atom stereocenters. The van der Waals surface area contributed by atoms with Gasteiger partial charge >= 0.3 is 0 Å². The summed E-state index contributed by atoms with van der Waals surface area (Å²) in [6.07, 6.45) is 1.01. The summed E-state index contributed by atoms with van der Waals surface area (Å²) in [5.41, 5.74) is 0.466. The molecule has 0 bridgehead atoms. The Balaban J connectivity index is 2.16. The van der Waals surface area contributed by atoms with E-state index in [0.29, 0.717) is 5.56 Å². The van der Waals surface area contributed by atoms with E-state index in [1.807, 2.05) is 0 Å². The normalized spacial score (nSPS) is 11.2. The number of benzene rings is 1. The van der Waals surface area contributed by atoms with Gasteiger partial charge in [0.05, 0.1) is 0 Å². The number of anilines is 1. The Kier molecular flexibility index (Phi) is 3.39. The number of nitrogens with zero attached hydrogens (tertiary/aromatic N) is 2. The summed E-state index contributed by atoms with van der Waals surface area (Å²) in [5.74, 6) is -0.355. The number of rotatable bonds is 3. The lowest BCUT2D eigenvalue weighted by Crippen LogP contribution is -2.11. The van der Waals surface area contributed by atoms with E-state index in [9.17, 15) is 13.2 Å². The van der Waals surface area contributed by atoms with E-state index < -0.39 is 9.84 Å². The Hall–Kier alpha value is -1.80. The van der Waals surface area contributed by atoms with Crippen molar-refractivity contribution in [2.75, 3.05) is 11.6 Å². The van der Waals surface area contributed by atoms with Crippen molar-refractivity contribution in [1.29, 1.82) is 0 Å². The molecule has 1 amide bonds. The molecule has 94 valence electrons. The number of sulfone groups is 1. The van der Waals surface area contributed by atoms with Crippen LogP contribution in [-0.2, 0) is 9.84 Å². The molecule has 1 heterocycles. The second kappa shape index (κ2) is 4.83. The Bertz CT molecular complexity index is 665. The summed E-state index contributed by atoms with van der Waals surface area (Å²) in [7, 11) is -3.45. The molecule has 0 atom stereocenters. The summed E-state index contributed by atoms with van der Waals surface area (Å²) in [6.45, 7) is 0. The van der Waals surface area contributed by atoms with E-state index >= 15 is 0 Å². The minimum absolute atomic E-state index is 0.157. The highest BCUT2D eigenvalue weighted by Gasteiger charge is 2.16. The van der Waals surface area contributed by atoms with Crippen molar-refractivity contribution in [2.24, 2.45) is 0 Å². The van der Waals surface area contributed by atoms with Crippen LogP contribution in [0.25, 0.3) is 0 Å². The average Bonchev–Trinajstić information content (AvgIpc) is 2.78. The Morgan fingerprint density at radius 1 is 1.28 bits per heavy atom. The van der Waals surface area contributed by atoms with Crippen molar-refractivity contribution in [1.82, 2.24) is 9.36 Å². The number of hydrogen-bond donors (Lipinski definition) is 1. The fraction of sp³-hybridized carbons (Fsp3) is 0.100. The minimum Gasteiger partial charge on any atom is -0.297 e. The predicted molar refractivity (Wildman–Crippen MR) is 67.4 cm³/mol. The molecule has 6 nitrogen and oxygen atoms in total. The van der Waals surface area contributed by atoms with Crippen LogP contribution < -0.4 is 5.32 Å². The van der Waals surface area contributed by atoms with Crippen molar-refractivity contribution in [3.05, 3.63) is 35.9 Å². The zero-order valence-electron chi connectivity index (χ0n) is 9.32. The van der Waals surface area contributed by atoms with E-state index in [-0.39, 0.29) is 16.2 Å². The van der Waals surface area contributed by atoms with Gasteiger partial charge in [-0.3, -0.25) is 10.1 Å². The van der Waals surface area contributed by atoms with Crippen LogP contribution in [0.4, 0.5) is 5.13 Å². The standard InChI is InChI=1S/C10H9N3O3S2/c1-18(15,16)10-12-9(17-13-10)11-8(14)7-5-3-2-4-6-7/h2-6H,1H3,(H,11,12,13,14). The lowest BCUT2D eigenvalue weighted by atomic mass is 10.2. The third-order valence-electron chi connectivity index (χ3n) is 2.00. The quantitative estimate of drug-likeness (QED) is 0.914. The van der Waals surface area contributed by atoms with E-state index in [1.165, 1.54) is 0 Å². The number of carbonyl (C=O) groups excluding carboxylic acids is 1. The molecule has 1 N–H and O–H groups in total. The van der Waals surface area contributed by atoms with Gasteiger partial charge in [-0.15, -0.1) is 0 Å². The molecule has 2 rings (SSSR count). The van der Waals surface area contributed by atoms with Crippen molar-refractivity contribution in [3.63, 3.8) is 0 Å². The molecule has 1 aromatic carbocycles. The Morgan fingerprint density at radius 2 is 1.94 bits per heavy atom. The lowest BCUT2D eigenvalue weighted by molar-refractivity contribution is 0.102. The minimum atomic E-state index is -3.45. The van der Waals surface area contributed by atoms with Gasteiger partial charge < -0.3 is 0 Å². The molecular formula is C10H9N3O3S2. The number of aromatic nitrogens is 2. The molecular weight excluding hydrogens is 274 g/mol. The van der Waals surface area contributed by atoms with Crippen LogP contribution in [0.3, 0.4) is 0 Å². The van der Waals surface area contributed by atoms with Crippen LogP contribution in [0.15, 0.2) is 35.5 Å².